The summed E-state index contributed by atoms with van der Waals surface area (Å²) < 4.78 is 35.9. The highest BCUT2D eigenvalue weighted by molar-refractivity contribution is 7.90. The Morgan fingerprint density at radius 2 is 1.94 bits per heavy atom. The van der Waals surface area contributed by atoms with E-state index in [1.807, 2.05) is 0 Å². The summed E-state index contributed by atoms with van der Waals surface area (Å²) in [6, 6.07) is 3.30. The molecule has 0 atom stereocenters. The van der Waals surface area contributed by atoms with E-state index in [0.717, 1.165) is 24.5 Å². The Morgan fingerprint density at radius 1 is 1.35 bits per heavy atom. The van der Waals surface area contributed by atoms with Crippen LogP contribution in [0.5, 0.6) is 0 Å². The second-order valence-corrected chi connectivity index (χ2v) is 6.07. The molecule has 0 aliphatic rings. The number of anilines is 1. The molecule has 1 amide bonds. The zero-order valence-corrected chi connectivity index (χ0v) is 10.6. The van der Waals surface area contributed by atoms with Crippen molar-refractivity contribution in [3.8, 4) is 0 Å². The van der Waals surface area contributed by atoms with Gasteiger partial charge in [0.25, 0.3) is 0 Å². The van der Waals surface area contributed by atoms with Gasteiger partial charge in [-0.1, -0.05) is 13.8 Å². The SMILES string of the molecule is CC(C)C(=O)Nc1cc(S(C)(=O)=O)ccc1F. The van der Waals surface area contributed by atoms with Crippen molar-refractivity contribution in [1.29, 1.82) is 0 Å². The number of carbonyl (C=O) groups excluding carboxylic acids is 1. The maximum Gasteiger partial charge on any atom is 0.227 e. The first-order chi connectivity index (χ1) is 7.71. The van der Waals surface area contributed by atoms with E-state index < -0.39 is 15.7 Å². The fraction of sp³-hybridized carbons (Fsp3) is 0.364. The summed E-state index contributed by atoms with van der Waals surface area (Å²) in [5.74, 6) is -1.34. The zero-order chi connectivity index (χ0) is 13.2. The lowest BCUT2D eigenvalue weighted by atomic mass is 10.2. The topological polar surface area (TPSA) is 63.2 Å². The van der Waals surface area contributed by atoms with E-state index in [1.54, 1.807) is 13.8 Å². The van der Waals surface area contributed by atoms with Gasteiger partial charge >= 0.3 is 0 Å². The van der Waals surface area contributed by atoms with E-state index in [2.05, 4.69) is 5.32 Å². The third kappa shape index (κ3) is 3.52. The van der Waals surface area contributed by atoms with Crippen LogP contribution in [0, 0.1) is 11.7 Å². The molecule has 0 heterocycles. The molecule has 0 aliphatic carbocycles. The number of sulfone groups is 1. The number of carbonyl (C=O) groups is 1. The van der Waals surface area contributed by atoms with Gasteiger partial charge in [0.05, 0.1) is 10.6 Å². The number of hydrogen-bond acceptors (Lipinski definition) is 3. The van der Waals surface area contributed by atoms with Crippen LogP contribution in [-0.2, 0) is 14.6 Å². The van der Waals surface area contributed by atoms with Gasteiger partial charge in [-0.25, -0.2) is 12.8 Å². The molecular weight excluding hydrogens is 245 g/mol. The molecule has 1 N–H and O–H groups in total. The Labute approximate surface area is 99.8 Å². The van der Waals surface area contributed by atoms with Gasteiger partial charge in [-0.05, 0) is 18.2 Å². The van der Waals surface area contributed by atoms with Crippen LogP contribution in [-0.4, -0.2) is 20.6 Å². The first kappa shape index (κ1) is 13.6. The molecule has 0 unspecified atom stereocenters. The summed E-state index contributed by atoms with van der Waals surface area (Å²) in [6.07, 6.45) is 1.02. The Hall–Kier alpha value is -1.43. The first-order valence-electron chi connectivity index (χ1n) is 5.02. The van der Waals surface area contributed by atoms with Crippen LogP contribution in [0.25, 0.3) is 0 Å². The van der Waals surface area contributed by atoms with Crippen molar-refractivity contribution in [1.82, 2.24) is 0 Å². The summed E-state index contributed by atoms with van der Waals surface area (Å²) in [4.78, 5) is 11.4. The van der Waals surface area contributed by atoms with Gasteiger partial charge in [-0.3, -0.25) is 4.79 Å². The number of hydrogen-bond donors (Lipinski definition) is 1. The fourth-order valence-corrected chi connectivity index (χ4v) is 1.76. The lowest BCUT2D eigenvalue weighted by Gasteiger charge is -2.09. The number of rotatable bonds is 3. The standard InChI is InChI=1S/C11H14FNO3S/c1-7(2)11(14)13-10-6-8(17(3,15)16)4-5-9(10)12/h4-7H,1-3H3,(H,13,14). The fourth-order valence-electron chi connectivity index (χ4n) is 1.11. The number of amides is 1. The van der Waals surface area contributed by atoms with Crippen molar-refractivity contribution < 1.29 is 17.6 Å². The van der Waals surface area contributed by atoms with E-state index in [0.29, 0.717) is 0 Å². The zero-order valence-electron chi connectivity index (χ0n) is 9.82. The molecule has 0 spiro atoms. The van der Waals surface area contributed by atoms with E-state index in [-0.39, 0.29) is 22.4 Å². The Morgan fingerprint density at radius 3 is 2.41 bits per heavy atom. The quantitative estimate of drug-likeness (QED) is 0.842. The van der Waals surface area contributed by atoms with Crippen LogP contribution >= 0.6 is 0 Å². The van der Waals surface area contributed by atoms with Crippen LogP contribution in [0.2, 0.25) is 0 Å². The van der Waals surface area contributed by atoms with Gasteiger partial charge in [-0.15, -0.1) is 0 Å². The van der Waals surface area contributed by atoms with Crippen LogP contribution < -0.4 is 5.32 Å². The Balaban J connectivity index is 3.12. The lowest BCUT2D eigenvalue weighted by molar-refractivity contribution is -0.118. The molecule has 1 rings (SSSR count). The molecule has 94 valence electrons. The molecule has 0 aliphatic heterocycles. The smallest absolute Gasteiger partial charge is 0.227 e. The normalized spacial score (nSPS) is 11.6. The van der Waals surface area contributed by atoms with Crippen LogP contribution in [0.15, 0.2) is 23.1 Å². The maximum atomic E-state index is 13.4. The minimum Gasteiger partial charge on any atom is -0.323 e. The van der Waals surface area contributed by atoms with Crippen molar-refractivity contribution in [2.75, 3.05) is 11.6 Å². The summed E-state index contributed by atoms with van der Waals surface area (Å²) in [7, 11) is -3.42. The lowest BCUT2D eigenvalue weighted by Crippen LogP contribution is -2.18. The van der Waals surface area contributed by atoms with Crippen LogP contribution in [0.4, 0.5) is 10.1 Å². The van der Waals surface area contributed by atoms with Crippen molar-refractivity contribution in [3.63, 3.8) is 0 Å². The highest BCUT2D eigenvalue weighted by atomic mass is 32.2. The summed E-state index contributed by atoms with van der Waals surface area (Å²) >= 11 is 0. The second-order valence-electron chi connectivity index (χ2n) is 4.06. The van der Waals surface area contributed by atoms with Gasteiger partial charge < -0.3 is 5.32 Å². The monoisotopic (exact) mass is 259 g/mol. The number of benzene rings is 1. The second kappa shape index (κ2) is 4.83. The molecule has 4 nitrogen and oxygen atoms in total. The molecule has 0 radical (unpaired) electrons. The van der Waals surface area contributed by atoms with Gasteiger partial charge in [0.15, 0.2) is 9.84 Å². The average Bonchev–Trinajstić information content (AvgIpc) is 2.19. The maximum absolute atomic E-state index is 13.4. The number of nitrogens with one attached hydrogen (secondary N) is 1. The Kier molecular flexibility index (Phi) is 3.87. The molecule has 0 aromatic heterocycles. The predicted molar refractivity (Wildman–Crippen MR) is 63.0 cm³/mol. The molecule has 17 heavy (non-hydrogen) atoms. The van der Waals surface area contributed by atoms with E-state index >= 15 is 0 Å². The van der Waals surface area contributed by atoms with Gasteiger partial charge in [-0.2, -0.15) is 0 Å². The highest BCUT2D eigenvalue weighted by Gasteiger charge is 2.14. The van der Waals surface area contributed by atoms with Crippen molar-refractivity contribution in [2.24, 2.45) is 5.92 Å². The minimum absolute atomic E-state index is 0.0297. The van der Waals surface area contributed by atoms with Gasteiger partial charge in [0, 0.05) is 12.2 Å². The summed E-state index contributed by atoms with van der Waals surface area (Å²) in [5.41, 5.74) is -0.119. The third-order valence-corrected chi connectivity index (χ3v) is 3.26. The molecule has 1 aromatic rings. The average molecular weight is 259 g/mol. The highest BCUT2D eigenvalue weighted by Crippen LogP contribution is 2.20. The van der Waals surface area contributed by atoms with Crippen LogP contribution in [0.3, 0.4) is 0 Å². The van der Waals surface area contributed by atoms with Crippen molar-refractivity contribution in [3.05, 3.63) is 24.0 Å². The predicted octanol–water partition coefficient (Wildman–Crippen LogP) is 1.82. The third-order valence-electron chi connectivity index (χ3n) is 2.15. The molecule has 0 saturated carbocycles. The first-order valence-corrected chi connectivity index (χ1v) is 6.91. The molecular formula is C11H14FNO3S. The number of halogens is 1. The van der Waals surface area contributed by atoms with Crippen LogP contribution in [0.1, 0.15) is 13.8 Å². The van der Waals surface area contributed by atoms with Crippen molar-refractivity contribution in [2.45, 2.75) is 18.7 Å². The largest absolute Gasteiger partial charge is 0.323 e. The summed E-state index contributed by atoms with van der Waals surface area (Å²) in [5, 5.41) is 2.34. The van der Waals surface area contributed by atoms with Gasteiger partial charge in [0.2, 0.25) is 5.91 Å². The summed E-state index contributed by atoms with van der Waals surface area (Å²) in [6.45, 7) is 3.32. The minimum atomic E-state index is -3.42. The van der Waals surface area contributed by atoms with E-state index in [4.69, 9.17) is 0 Å². The molecule has 1 aromatic carbocycles. The molecule has 0 fully saturated rings. The molecule has 0 bridgehead atoms. The Bertz CT molecular complexity index is 538. The van der Waals surface area contributed by atoms with Gasteiger partial charge in [0.1, 0.15) is 5.82 Å². The molecule has 0 saturated heterocycles. The molecule has 6 heteroatoms. The van der Waals surface area contributed by atoms with E-state index in [1.165, 1.54) is 0 Å². The van der Waals surface area contributed by atoms with E-state index in [9.17, 15) is 17.6 Å². The van der Waals surface area contributed by atoms with Crippen molar-refractivity contribution >= 4 is 21.4 Å².